The van der Waals surface area contributed by atoms with Gasteiger partial charge in [-0.3, -0.25) is 9.48 Å². The van der Waals surface area contributed by atoms with Crippen LogP contribution in [-0.4, -0.2) is 22.8 Å². The number of amides is 1. The number of benzene rings is 2. The Morgan fingerprint density at radius 1 is 1.22 bits per heavy atom. The van der Waals surface area contributed by atoms with Gasteiger partial charge in [-0.2, -0.15) is 5.10 Å². The lowest BCUT2D eigenvalue weighted by molar-refractivity contribution is -0.116. The fourth-order valence-electron chi connectivity index (χ4n) is 3.09. The van der Waals surface area contributed by atoms with Crippen LogP contribution in [0.5, 0.6) is 5.75 Å². The summed E-state index contributed by atoms with van der Waals surface area (Å²) in [6, 6.07) is 12.7. The molecule has 27 heavy (non-hydrogen) atoms. The van der Waals surface area contributed by atoms with E-state index in [-0.39, 0.29) is 12.5 Å². The van der Waals surface area contributed by atoms with Crippen LogP contribution in [0.3, 0.4) is 0 Å². The molecule has 2 aromatic heterocycles. The van der Waals surface area contributed by atoms with Gasteiger partial charge in [-0.05, 0) is 31.2 Å². The molecule has 0 atom stereocenters. The number of hydrogen-bond donors (Lipinski definition) is 1. The highest BCUT2D eigenvalue weighted by Gasteiger charge is 2.16. The minimum atomic E-state index is -0.474. The molecule has 4 aromatic rings. The van der Waals surface area contributed by atoms with E-state index >= 15 is 0 Å². The number of rotatable bonds is 4. The lowest BCUT2D eigenvalue weighted by atomic mass is 10.1. The Morgan fingerprint density at radius 3 is 2.85 bits per heavy atom. The number of methoxy groups -OCH3 is 1. The second kappa shape index (κ2) is 6.60. The van der Waals surface area contributed by atoms with E-state index in [1.807, 2.05) is 31.2 Å². The number of ether oxygens (including phenoxy) is 1. The Balaban J connectivity index is 1.74. The van der Waals surface area contributed by atoms with Crippen LogP contribution in [0.4, 0.5) is 5.69 Å². The highest BCUT2D eigenvalue weighted by Crippen LogP contribution is 2.25. The van der Waals surface area contributed by atoms with Gasteiger partial charge in [0.2, 0.25) is 5.91 Å². The van der Waals surface area contributed by atoms with E-state index in [0.29, 0.717) is 27.9 Å². The van der Waals surface area contributed by atoms with E-state index in [0.717, 1.165) is 10.9 Å². The van der Waals surface area contributed by atoms with E-state index in [9.17, 15) is 9.59 Å². The van der Waals surface area contributed by atoms with E-state index in [1.54, 1.807) is 25.3 Å². The summed E-state index contributed by atoms with van der Waals surface area (Å²) in [6.45, 7) is 1.90. The fraction of sp³-hybridized carbons (Fsp3) is 0.150. The highest BCUT2D eigenvalue weighted by molar-refractivity contribution is 6.03. The third-order valence-corrected chi connectivity index (χ3v) is 4.33. The van der Waals surface area contributed by atoms with Crippen molar-refractivity contribution in [1.82, 2.24) is 9.78 Å². The van der Waals surface area contributed by atoms with Crippen molar-refractivity contribution in [3.05, 3.63) is 64.6 Å². The molecule has 0 spiro atoms. The van der Waals surface area contributed by atoms with Crippen molar-refractivity contribution in [3.8, 4) is 5.75 Å². The molecule has 136 valence electrons. The Kier molecular flexibility index (Phi) is 4.12. The lowest BCUT2D eigenvalue weighted by Crippen LogP contribution is -2.20. The maximum Gasteiger partial charge on any atom is 0.347 e. The fourth-order valence-corrected chi connectivity index (χ4v) is 3.09. The molecule has 0 saturated heterocycles. The van der Waals surface area contributed by atoms with Crippen LogP contribution in [0.1, 0.15) is 5.56 Å². The predicted octanol–water partition coefficient (Wildman–Crippen LogP) is 3.10. The Hall–Kier alpha value is -3.61. The van der Waals surface area contributed by atoms with Crippen molar-refractivity contribution < 1.29 is 13.9 Å². The molecule has 0 aliphatic carbocycles. The maximum absolute atomic E-state index is 12.6. The van der Waals surface area contributed by atoms with Crippen LogP contribution in [-0.2, 0) is 11.3 Å². The third kappa shape index (κ3) is 3.03. The SMILES string of the molecule is COc1ccccc1NC(=O)Cn1ncc2c(=O)oc3ccc(C)cc3c21. The molecular weight excluding hydrogens is 346 g/mol. The molecule has 4 rings (SSSR count). The Labute approximate surface area is 154 Å². The van der Waals surface area contributed by atoms with Gasteiger partial charge in [0, 0.05) is 5.39 Å². The summed E-state index contributed by atoms with van der Waals surface area (Å²) in [5, 5.41) is 8.13. The molecule has 0 saturated carbocycles. The van der Waals surface area contributed by atoms with Crippen LogP contribution in [0.15, 0.2) is 57.9 Å². The first-order chi connectivity index (χ1) is 13.1. The van der Waals surface area contributed by atoms with Crippen LogP contribution >= 0.6 is 0 Å². The number of nitrogens with one attached hydrogen (secondary N) is 1. The largest absolute Gasteiger partial charge is 0.495 e. The molecule has 0 unspecified atom stereocenters. The van der Waals surface area contributed by atoms with Gasteiger partial charge in [0.15, 0.2) is 0 Å². The summed E-state index contributed by atoms with van der Waals surface area (Å²) in [5.74, 6) is 0.288. The number of fused-ring (bicyclic) bond motifs is 3. The second-order valence-corrected chi connectivity index (χ2v) is 6.20. The summed E-state index contributed by atoms with van der Waals surface area (Å²) in [5.41, 5.74) is 2.16. The lowest BCUT2D eigenvalue weighted by Gasteiger charge is -2.10. The quantitative estimate of drug-likeness (QED) is 0.563. The van der Waals surface area contributed by atoms with Gasteiger partial charge in [0.05, 0.1) is 24.5 Å². The van der Waals surface area contributed by atoms with Crippen molar-refractivity contribution in [2.45, 2.75) is 13.5 Å². The molecule has 2 heterocycles. The van der Waals surface area contributed by atoms with Crippen molar-refractivity contribution in [2.24, 2.45) is 0 Å². The summed E-state index contributed by atoms with van der Waals surface area (Å²) in [4.78, 5) is 24.8. The molecule has 7 nitrogen and oxygen atoms in total. The number of nitrogens with zero attached hydrogens (tertiary/aromatic N) is 2. The summed E-state index contributed by atoms with van der Waals surface area (Å²) in [7, 11) is 1.54. The van der Waals surface area contributed by atoms with Gasteiger partial charge in [-0.25, -0.2) is 4.79 Å². The van der Waals surface area contributed by atoms with Crippen LogP contribution in [0.25, 0.3) is 21.9 Å². The smallest absolute Gasteiger partial charge is 0.347 e. The first-order valence-electron chi connectivity index (χ1n) is 8.38. The molecule has 0 bridgehead atoms. The molecular formula is C20H17N3O4. The van der Waals surface area contributed by atoms with Crippen LogP contribution in [0, 0.1) is 6.92 Å². The zero-order chi connectivity index (χ0) is 19.0. The average molecular weight is 363 g/mol. The predicted molar refractivity (Wildman–Crippen MR) is 102 cm³/mol. The number of carbonyl (C=O) groups excluding carboxylic acids is 1. The number of aromatic nitrogens is 2. The molecule has 0 radical (unpaired) electrons. The first-order valence-corrected chi connectivity index (χ1v) is 8.38. The summed E-state index contributed by atoms with van der Waals surface area (Å²) in [6.07, 6.45) is 1.43. The van der Waals surface area contributed by atoms with E-state index in [4.69, 9.17) is 9.15 Å². The number of anilines is 1. The average Bonchev–Trinajstić information content (AvgIpc) is 3.07. The highest BCUT2D eigenvalue weighted by atomic mass is 16.5. The summed E-state index contributed by atoms with van der Waals surface area (Å²) >= 11 is 0. The van der Waals surface area contributed by atoms with Gasteiger partial charge < -0.3 is 14.5 Å². The number of aryl methyl sites for hydroxylation is 1. The monoisotopic (exact) mass is 363 g/mol. The molecule has 7 heteroatoms. The zero-order valence-corrected chi connectivity index (χ0v) is 14.9. The Bertz CT molecular complexity index is 1220. The molecule has 0 aliphatic rings. The Morgan fingerprint density at radius 2 is 2.04 bits per heavy atom. The van der Waals surface area contributed by atoms with Crippen molar-refractivity contribution in [3.63, 3.8) is 0 Å². The van der Waals surface area contributed by atoms with Gasteiger partial charge in [0.25, 0.3) is 0 Å². The number of para-hydroxylation sites is 2. The van der Waals surface area contributed by atoms with Crippen molar-refractivity contribution in [1.29, 1.82) is 0 Å². The van der Waals surface area contributed by atoms with E-state index in [2.05, 4.69) is 10.4 Å². The van der Waals surface area contributed by atoms with Gasteiger partial charge >= 0.3 is 5.63 Å². The maximum atomic E-state index is 12.6. The third-order valence-electron chi connectivity index (χ3n) is 4.33. The van der Waals surface area contributed by atoms with E-state index < -0.39 is 5.63 Å². The van der Waals surface area contributed by atoms with Crippen LogP contribution in [0.2, 0.25) is 0 Å². The van der Waals surface area contributed by atoms with Gasteiger partial charge in [0.1, 0.15) is 23.3 Å². The minimum Gasteiger partial charge on any atom is -0.495 e. The second-order valence-electron chi connectivity index (χ2n) is 6.20. The zero-order valence-electron chi connectivity index (χ0n) is 14.9. The summed E-state index contributed by atoms with van der Waals surface area (Å²) < 4.78 is 12.1. The van der Waals surface area contributed by atoms with E-state index in [1.165, 1.54) is 10.9 Å². The van der Waals surface area contributed by atoms with Gasteiger partial charge in [-0.1, -0.05) is 23.8 Å². The molecule has 2 aromatic carbocycles. The molecule has 1 N–H and O–H groups in total. The van der Waals surface area contributed by atoms with Gasteiger partial charge in [-0.15, -0.1) is 0 Å². The molecule has 0 fully saturated rings. The number of carbonyl (C=O) groups is 1. The molecule has 1 amide bonds. The van der Waals surface area contributed by atoms with Crippen molar-refractivity contribution >= 4 is 33.5 Å². The molecule has 0 aliphatic heterocycles. The standard InChI is InChI=1S/C20H17N3O4/c1-12-7-8-16-13(9-12)19-14(20(25)27-16)10-21-23(19)11-18(24)22-15-5-3-4-6-17(15)26-2/h3-10H,11H2,1-2H3,(H,22,24). The minimum absolute atomic E-state index is 0.0476. The number of hydrogen-bond acceptors (Lipinski definition) is 5. The van der Waals surface area contributed by atoms with Crippen molar-refractivity contribution in [2.75, 3.05) is 12.4 Å². The normalized spacial score (nSPS) is 11.0. The topological polar surface area (TPSA) is 86.4 Å². The first kappa shape index (κ1) is 16.8. The van der Waals surface area contributed by atoms with Crippen LogP contribution < -0.4 is 15.7 Å².